The third-order valence-corrected chi connectivity index (χ3v) is 3.77. The first-order valence-corrected chi connectivity index (χ1v) is 6.82. The second-order valence-corrected chi connectivity index (χ2v) is 5.43. The van der Waals surface area contributed by atoms with E-state index in [1.54, 1.807) is 23.5 Å². The van der Waals surface area contributed by atoms with Crippen LogP contribution in [0.1, 0.15) is 0 Å². The topological polar surface area (TPSA) is 61.0 Å². The Balaban J connectivity index is 2.03. The van der Waals surface area contributed by atoms with E-state index in [9.17, 15) is 0 Å². The fraction of sp³-hybridized carbons (Fsp3) is 0. The van der Waals surface area contributed by atoms with Crippen molar-refractivity contribution in [3.8, 4) is 11.6 Å². The number of nitrogens with zero attached hydrogens (tertiary/aromatic N) is 2. The fourth-order valence-electron chi connectivity index (χ4n) is 1.56. The second kappa shape index (κ2) is 4.55. The van der Waals surface area contributed by atoms with Crippen LogP contribution in [-0.4, -0.2) is 9.97 Å². The minimum absolute atomic E-state index is 0.532. The number of nitrogen functional groups attached to an aromatic ring is 1. The number of benzene rings is 1. The molecule has 3 aromatic rings. The maximum Gasteiger partial charge on any atom is 0.240 e. The minimum atomic E-state index is 0.532. The minimum Gasteiger partial charge on any atom is -0.435 e. The molecular formula is C12H8BrN3OS. The van der Waals surface area contributed by atoms with Crippen LogP contribution in [0.5, 0.6) is 11.6 Å². The molecule has 2 aromatic heterocycles. The molecule has 0 aliphatic carbocycles. The van der Waals surface area contributed by atoms with E-state index in [0.29, 0.717) is 17.3 Å². The average molecular weight is 322 g/mol. The first kappa shape index (κ1) is 11.4. The number of thiophene rings is 1. The average Bonchev–Trinajstić information content (AvgIpc) is 2.82. The van der Waals surface area contributed by atoms with Gasteiger partial charge < -0.3 is 10.5 Å². The Morgan fingerprint density at radius 3 is 2.94 bits per heavy atom. The van der Waals surface area contributed by atoms with Crippen LogP contribution in [0.3, 0.4) is 0 Å². The van der Waals surface area contributed by atoms with Gasteiger partial charge >= 0.3 is 0 Å². The molecular weight excluding hydrogens is 314 g/mol. The third kappa shape index (κ3) is 2.04. The van der Waals surface area contributed by atoms with Crippen molar-refractivity contribution in [2.75, 3.05) is 5.73 Å². The Hall–Kier alpha value is -1.66. The Morgan fingerprint density at radius 1 is 1.22 bits per heavy atom. The Kier molecular flexibility index (Phi) is 2.89. The first-order chi connectivity index (χ1) is 8.74. The van der Waals surface area contributed by atoms with Gasteiger partial charge in [0.15, 0.2) is 5.75 Å². The molecule has 0 aliphatic rings. The maximum atomic E-state index is 5.89. The number of ether oxygens (including phenoxy) is 1. The van der Waals surface area contributed by atoms with Gasteiger partial charge in [-0.1, -0.05) is 15.9 Å². The van der Waals surface area contributed by atoms with Gasteiger partial charge in [0.1, 0.15) is 11.0 Å². The molecule has 0 radical (unpaired) electrons. The van der Waals surface area contributed by atoms with Gasteiger partial charge in [0.05, 0.1) is 11.2 Å². The van der Waals surface area contributed by atoms with E-state index in [1.807, 2.05) is 17.5 Å². The van der Waals surface area contributed by atoms with Crippen molar-refractivity contribution in [3.63, 3.8) is 0 Å². The van der Waals surface area contributed by atoms with Gasteiger partial charge in [0, 0.05) is 4.47 Å². The van der Waals surface area contributed by atoms with Gasteiger partial charge in [0.25, 0.3) is 0 Å². The highest BCUT2D eigenvalue weighted by molar-refractivity contribution is 9.10. The molecule has 3 rings (SSSR count). The molecule has 0 aliphatic heterocycles. The van der Waals surface area contributed by atoms with Gasteiger partial charge in [-0.05, 0) is 29.6 Å². The normalized spacial score (nSPS) is 10.7. The number of fused-ring (bicyclic) bond motifs is 1. The molecule has 0 fully saturated rings. The van der Waals surface area contributed by atoms with Crippen LogP contribution >= 0.6 is 27.3 Å². The van der Waals surface area contributed by atoms with Gasteiger partial charge in [-0.2, -0.15) is 0 Å². The van der Waals surface area contributed by atoms with Crippen molar-refractivity contribution in [2.45, 2.75) is 0 Å². The van der Waals surface area contributed by atoms with Gasteiger partial charge in [-0.15, -0.1) is 11.3 Å². The molecule has 18 heavy (non-hydrogen) atoms. The number of anilines is 1. The molecule has 6 heteroatoms. The monoisotopic (exact) mass is 321 g/mol. The molecule has 2 heterocycles. The molecule has 90 valence electrons. The van der Waals surface area contributed by atoms with E-state index in [2.05, 4.69) is 25.9 Å². The summed E-state index contributed by atoms with van der Waals surface area (Å²) >= 11 is 4.90. The summed E-state index contributed by atoms with van der Waals surface area (Å²) in [5.41, 5.74) is 7.33. The number of rotatable bonds is 2. The van der Waals surface area contributed by atoms with Gasteiger partial charge in [-0.25, -0.2) is 9.97 Å². The van der Waals surface area contributed by atoms with E-state index in [-0.39, 0.29) is 0 Å². The van der Waals surface area contributed by atoms with Crippen LogP contribution in [0.25, 0.3) is 10.2 Å². The van der Waals surface area contributed by atoms with Crippen molar-refractivity contribution in [3.05, 3.63) is 40.4 Å². The highest BCUT2D eigenvalue weighted by atomic mass is 79.9. The quantitative estimate of drug-likeness (QED) is 0.729. The Morgan fingerprint density at radius 2 is 2.11 bits per heavy atom. The molecule has 1 aromatic carbocycles. The van der Waals surface area contributed by atoms with Gasteiger partial charge in [0.2, 0.25) is 5.88 Å². The summed E-state index contributed by atoms with van der Waals surface area (Å²) in [6, 6.07) is 7.40. The van der Waals surface area contributed by atoms with Crippen molar-refractivity contribution < 1.29 is 4.74 Å². The number of halogens is 1. The van der Waals surface area contributed by atoms with E-state index in [1.165, 1.54) is 6.33 Å². The number of hydrogen-bond acceptors (Lipinski definition) is 5. The van der Waals surface area contributed by atoms with Crippen LogP contribution in [0.2, 0.25) is 0 Å². The third-order valence-electron chi connectivity index (χ3n) is 2.39. The zero-order valence-corrected chi connectivity index (χ0v) is 11.5. The van der Waals surface area contributed by atoms with Gasteiger partial charge in [-0.3, -0.25) is 0 Å². The highest BCUT2D eigenvalue weighted by Gasteiger charge is 2.09. The SMILES string of the molecule is Nc1cc(Br)ccc1Oc1ncnc2ccsc12. The molecule has 0 amide bonds. The van der Waals surface area contributed by atoms with Crippen LogP contribution < -0.4 is 10.5 Å². The molecule has 2 N–H and O–H groups in total. The molecule has 4 nitrogen and oxygen atoms in total. The zero-order chi connectivity index (χ0) is 12.5. The lowest BCUT2D eigenvalue weighted by Crippen LogP contribution is -1.94. The van der Waals surface area contributed by atoms with Crippen molar-refractivity contribution in [1.29, 1.82) is 0 Å². The summed E-state index contributed by atoms with van der Waals surface area (Å²) < 4.78 is 7.58. The Bertz CT molecular complexity index is 713. The van der Waals surface area contributed by atoms with Crippen LogP contribution in [0.15, 0.2) is 40.4 Å². The largest absolute Gasteiger partial charge is 0.435 e. The smallest absolute Gasteiger partial charge is 0.240 e. The number of aromatic nitrogens is 2. The van der Waals surface area contributed by atoms with Crippen molar-refractivity contribution in [1.82, 2.24) is 9.97 Å². The summed E-state index contributed by atoms with van der Waals surface area (Å²) in [5, 5.41) is 1.96. The summed E-state index contributed by atoms with van der Waals surface area (Å²) in [4.78, 5) is 8.31. The first-order valence-electron chi connectivity index (χ1n) is 5.15. The lowest BCUT2D eigenvalue weighted by Gasteiger charge is -2.08. The lowest BCUT2D eigenvalue weighted by molar-refractivity contribution is 0.471. The predicted octanol–water partition coefficient (Wildman–Crippen LogP) is 3.83. The number of hydrogen-bond donors (Lipinski definition) is 1. The summed E-state index contributed by atoms with van der Waals surface area (Å²) in [6.07, 6.45) is 1.49. The predicted molar refractivity (Wildman–Crippen MR) is 76.0 cm³/mol. The lowest BCUT2D eigenvalue weighted by atomic mass is 10.3. The van der Waals surface area contributed by atoms with E-state index in [0.717, 1.165) is 14.7 Å². The molecule has 0 atom stereocenters. The molecule has 0 spiro atoms. The van der Waals surface area contributed by atoms with E-state index >= 15 is 0 Å². The molecule has 0 bridgehead atoms. The van der Waals surface area contributed by atoms with Crippen LogP contribution in [0.4, 0.5) is 5.69 Å². The van der Waals surface area contributed by atoms with Crippen molar-refractivity contribution in [2.24, 2.45) is 0 Å². The maximum absolute atomic E-state index is 5.89. The summed E-state index contributed by atoms with van der Waals surface area (Å²) in [6.45, 7) is 0. The highest BCUT2D eigenvalue weighted by Crippen LogP contribution is 2.33. The van der Waals surface area contributed by atoms with Crippen LogP contribution in [0, 0.1) is 0 Å². The molecule has 0 unspecified atom stereocenters. The standard InChI is InChI=1S/C12H8BrN3OS/c13-7-1-2-10(8(14)5-7)17-12-11-9(3-4-18-11)15-6-16-12/h1-6H,14H2. The summed E-state index contributed by atoms with van der Waals surface area (Å²) in [7, 11) is 0. The molecule has 0 saturated heterocycles. The van der Waals surface area contributed by atoms with E-state index in [4.69, 9.17) is 10.5 Å². The van der Waals surface area contributed by atoms with Crippen molar-refractivity contribution >= 4 is 43.2 Å². The fourth-order valence-corrected chi connectivity index (χ4v) is 2.70. The van der Waals surface area contributed by atoms with Crippen LogP contribution in [-0.2, 0) is 0 Å². The second-order valence-electron chi connectivity index (χ2n) is 3.60. The zero-order valence-electron chi connectivity index (χ0n) is 9.13. The number of nitrogens with two attached hydrogens (primary N) is 1. The Labute approximate surface area is 116 Å². The summed E-state index contributed by atoms with van der Waals surface area (Å²) in [5.74, 6) is 1.12. The van der Waals surface area contributed by atoms with E-state index < -0.39 is 0 Å². The molecule has 0 saturated carbocycles.